The van der Waals surface area contributed by atoms with Crippen LogP contribution < -0.4 is 0 Å². The van der Waals surface area contributed by atoms with Crippen molar-refractivity contribution in [3.8, 4) is 0 Å². The van der Waals surface area contributed by atoms with Crippen LogP contribution >= 0.6 is 0 Å². The Hall–Kier alpha value is -2.73. The predicted octanol–water partition coefficient (Wildman–Crippen LogP) is 4.56. The molecule has 0 spiro atoms. The van der Waals surface area contributed by atoms with E-state index >= 15 is 0 Å². The highest BCUT2D eigenvalue weighted by Crippen LogP contribution is 2.43. The highest BCUT2D eigenvalue weighted by atomic mass is 16.6. The number of aliphatic hydroxyl groups is 1. The van der Waals surface area contributed by atoms with E-state index in [0.29, 0.717) is 17.9 Å². The average molecular weight is 440 g/mol. The van der Waals surface area contributed by atoms with E-state index in [0.717, 1.165) is 18.4 Å². The Morgan fingerprint density at radius 1 is 1.12 bits per heavy atom. The van der Waals surface area contributed by atoms with Crippen molar-refractivity contribution in [1.29, 1.82) is 0 Å². The molecule has 0 aliphatic heterocycles. The van der Waals surface area contributed by atoms with Gasteiger partial charge in [-0.1, -0.05) is 87.9 Å². The fourth-order valence-corrected chi connectivity index (χ4v) is 4.90. The molecule has 0 bridgehead atoms. The minimum atomic E-state index is -1.82. The standard InChI is InChI=1S/C26H33NO5/c1-18-14-15-21(26(2,3)20-12-8-5-9-13-20)23(16-18)32-25(29)24(28)22(27(30)31)17-19-10-6-4-7-11-19/h4-13,18,21-24,28H,14-17H2,1-3H3/t18-,21-,22-,23-,24+/m1/s1. The lowest BCUT2D eigenvalue weighted by Crippen LogP contribution is -2.47. The minimum Gasteiger partial charge on any atom is -0.460 e. The zero-order valence-electron chi connectivity index (χ0n) is 19.0. The molecule has 0 saturated heterocycles. The van der Waals surface area contributed by atoms with Crippen molar-refractivity contribution in [3.63, 3.8) is 0 Å². The Morgan fingerprint density at radius 2 is 1.72 bits per heavy atom. The molecule has 1 saturated carbocycles. The Morgan fingerprint density at radius 3 is 2.31 bits per heavy atom. The van der Waals surface area contributed by atoms with E-state index in [1.165, 1.54) is 0 Å². The molecule has 0 unspecified atom stereocenters. The summed E-state index contributed by atoms with van der Waals surface area (Å²) in [6.45, 7) is 6.42. The summed E-state index contributed by atoms with van der Waals surface area (Å²) in [4.78, 5) is 23.9. The third kappa shape index (κ3) is 5.54. The van der Waals surface area contributed by atoms with Gasteiger partial charge in [-0.25, -0.2) is 4.79 Å². The minimum absolute atomic E-state index is 0.0376. The summed E-state index contributed by atoms with van der Waals surface area (Å²) in [5.41, 5.74) is 1.60. The van der Waals surface area contributed by atoms with Gasteiger partial charge in [0.05, 0.1) is 0 Å². The maximum Gasteiger partial charge on any atom is 0.342 e. The fourth-order valence-electron chi connectivity index (χ4n) is 4.90. The van der Waals surface area contributed by atoms with E-state index in [4.69, 9.17) is 4.74 Å². The zero-order chi connectivity index (χ0) is 23.3. The lowest BCUT2D eigenvalue weighted by Gasteiger charge is -2.44. The molecule has 6 heteroatoms. The molecule has 0 aromatic heterocycles. The number of aliphatic hydroxyl groups excluding tert-OH is 1. The first-order chi connectivity index (χ1) is 15.2. The number of hydrogen-bond donors (Lipinski definition) is 1. The smallest absolute Gasteiger partial charge is 0.342 e. The van der Waals surface area contributed by atoms with Gasteiger partial charge in [0.25, 0.3) is 6.04 Å². The molecule has 2 aromatic carbocycles. The molecule has 0 heterocycles. The summed E-state index contributed by atoms with van der Waals surface area (Å²) in [7, 11) is 0. The Balaban J connectivity index is 1.77. The van der Waals surface area contributed by atoms with Crippen LogP contribution in [-0.4, -0.2) is 34.2 Å². The van der Waals surface area contributed by atoms with Crippen molar-refractivity contribution in [1.82, 2.24) is 0 Å². The largest absolute Gasteiger partial charge is 0.460 e. The Labute approximate surface area is 189 Å². The number of esters is 1. The average Bonchev–Trinajstić information content (AvgIpc) is 2.78. The van der Waals surface area contributed by atoms with Crippen LogP contribution in [0.25, 0.3) is 0 Å². The molecule has 1 N–H and O–H groups in total. The van der Waals surface area contributed by atoms with Gasteiger partial charge in [0, 0.05) is 17.3 Å². The van der Waals surface area contributed by atoms with Crippen molar-refractivity contribution in [2.75, 3.05) is 0 Å². The van der Waals surface area contributed by atoms with Crippen LogP contribution in [0.2, 0.25) is 0 Å². The molecule has 1 aliphatic rings. The van der Waals surface area contributed by atoms with Crippen molar-refractivity contribution in [2.24, 2.45) is 11.8 Å². The van der Waals surface area contributed by atoms with Crippen LogP contribution in [0.4, 0.5) is 0 Å². The number of carbonyl (C=O) groups is 1. The molecule has 3 rings (SSSR count). The van der Waals surface area contributed by atoms with Gasteiger partial charge < -0.3 is 9.84 Å². The number of nitrogens with zero attached hydrogens (tertiary/aromatic N) is 1. The van der Waals surface area contributed by atoms with Gasteiger partial charge in [0.15, 0.2) is 0 Å². The van der Waals surface area contributed by atoms with Crippen molar-refractivity contribution in [3.05, 3.63) is 81.9 Å². The SMILES string of the molecule is C[C@@H]1CC[C@@H](C(C)(C)c2ccccc2)[C@H](OC(=O)[C@@H](O)[C@@H](Cc2ccccc2)[N+](=O)[O-])C1. The number of hydrogen-bond acceptors (Lipinski definition) is 5. The van der Waals surface area contributed by atoms with Gasteiger partial charge in [-0.2, -0.15) is 0 Å². The number of carbonyl (C=O) groups excluding carboxylic acids is 1. The van der Waals surface area contributed by atoms with Crippen molar-refractivity contribution < 1.29 is 19.6 Å². The third-order valence-electron chi connectivity index (χ3n) is 6.93. The van der Waals surface area contributed by atoms with E-state index in [1.807, 2.05) is 24.3 Å². The second-order valence-electron chi connectivity index (χ2n) is 9.58. The van der Waals surface area contributed by atoms with E-state index in [2.05, 4.69) is 32.9 Å². The second-order valence-corrected chi connectivity index (χ2v) is 9.58. The van der Waals surface area contributed by atoms with Gasteiger partial charge in [0.2, 0.25) is 6.10 Å². The van der Waals surface area contributed by atoms with Gasteiger partial charge in [-0.3, -0.25) is 10.1 Å². The first kappa shape index (κ1) is 23.9. The monoisotopic (exact) mass is 439 g/mol. The third-order valence-corrected chi connectivity index (χ3v) is 6.93. The molecule has 6 nitrogen and oxygen atoms in total. The van der Waals surface area contributed by atoms with Crippen LogP contribution in [0.3, 0.4) is 0 Å². The fraction of sp³-hybridized carbons (Fsp3) is 0.500. The highest BCUT2D eigenvalue weighted by molar-refractivity contribution is 5.75. The summed E-state index contributed by atoms with van der Waals surface area (Å²) in [6.07, 6.45) is 0.344. The van der Waals surface area contributed by atoms with Gasteiger partial charge in [0.1, 0.15) is 6.10 Å². The molecule has 172 valence electrons. The zero-order valence-corrected chi connectivity index (χ0v) is 19.0. The van der Waals surface area contributed by atoms with Gasteiger partial charge in [-0.05, 0) is 35.3 Å². The summed E-state index contributed by atoms with van der Waals surface area (Å²) >= 11 is 0. The van der Waals surface area contributed by atoms with Crippen molar-refractivity contribution >= 4 is 5.97 Å². The van der Waals surface area contributed by atoms with Crippen LogP contribution in [0.5, 0.6) is 0 Å². The van der Waals surface area contributed by atoms with E-state index < -0.39 is 29.1 Å². The summed E-state index contributed by atoms with van der Waals surface area (Å²) in [5, 5.41) is 22.2. The highest BCUT2D eigenvalue weighted by Gasteiger charge is 2.44. The topological polar surface area (TPSA) is 89.7 Å². The van der Waals surface area contributed by atoms with Crippen LogP contribution in [0.1, 0.15) is 51.2 Å². The quantitative estimate of drug-likeness (QED) is 0.370. The number of nitro groups is 1. The number of rotatable bonds is 8. The van der Waals surface area contributed by atoms with Crippen LogP contribution in [-0.2, 0) is 21.4 Å². The maximum atomic E-state index is 12.9. The Bertz CT molecular complexity index is 899. The first-order valence-electron chi connectivity index (χ1n) is 11.3. The maximum absolute atomic E-state index is 12.9. The Kier molecular flexibility index (Phi) is 7.67. The number of ether oxygens (including phenoxy) is 1. The second kappa shape index (κ2) is 10.3. The molecule has 0 radical (unpaired) electrons. The van der Waals surface area contributed by atoms with Crippen molar-refractivity contribution in [2.45, 2.75) is 70.1 Å². The summed E-state index contributed by atoms with van der Waals surface area (Å²) in [5.74, 6) is -0.473. The summed E-state index contributed by atoms with van der Waals surface area (Å²) < 4.78 is 5.82. The molecule has 1 fully saturated rings. The van der Waals surface area contributed by atoms with Gasteiger partial charge in [-0.15, -0.1) is 0 Å². The van der Waals surface area contributed by atoms with Gasteiger partial charge >= 0.3 is 5.97 Å². The van der Waals surface area contributed by atoms with Crippen LogP contribution in [0.15, 0.2) is 60.7 Å². The molecule has 0 amide bonds. The van der Waals surface area contributed by atoms with Crippen LogP contribution in [0, 0.1) is 22.0 Å². The lowest BCUT2D eigenvalue weighted by atomic mass is 9.64. The van der Waals surface area contributed by atoms with E-state index in [9.17, 15) is 20.0 Å². The first-order valence-corrected chi connectivity index (χ1v) is 11.3. The predicted molar refractivity (Wildman–Crippen MR) is 123 cm³/mol. The molecule has 32 heavy (non-hydrogen) atoms. The molecular weight excluding hydrogens is 406 g/mol. The summed E-state index contributed by atoms with van der Waals surface area (Å²) in [6, 6.07) is 17.5. The normalized spacial score (nSPS) is 23.2. The number of benzene rings is 2. The molecular formula is C26H33NO5. The molecule has 5 atom stereocenters. The molecule has 2 aromatic rings. The van der Waals surface area contributed by atoms with E-state index in [-0.39, 0.29) is 17.8 Å². The van der Waals surface area contributed by atoms with E-state index in [1.54, 1.807) is 24.3 Å². The molecule has 1 aliphatic carbocycles. The lowest BCUT2D eigenvalue weighted by molar-refractivity contribution is -0.531.